The minimum absolute atomic E-state index is 0.706. The van der Waals surface area contributed by atoms with Gasteiger partial charge in [0, 0.05) is 34.7 Å². The zero-order valence-corrected chi connectivity index (χ0v) is 12.1. The Morgan fingerprint density at radius 3 is 3.11 bits per heavy atom. The van der Waals surface area contributed by atoms with E-state index >= 15 is 0 Å². The van der Waals surface area contributed by atoms with Crippen LogP contribution in [-0.2, 0) is 6.54 Å². The fraction of sp³-hybridized carbons (Fsp3) is 0.462. The van der Waals surface area contributed by atoms with Crippen LogP contribution in [-0.4, -0.2) is 32.1 Å². The van der Waals surface area contributed by atoms with E-state index in [9.17, 15) is 0 Å². The maximum atomic E-state index is 5.81. The van der Waals surface area contributed by atoms with Gasteiger partial charge in [0.15, 0.2) is 0 Å². The fourth-order valence-corrected chi connectivity index (χ4v) is 5.00. The molecule has 1 saturated heterocycles. The van der Waals surface area contributed by atoms with Gasteiger partial charge in [-0.25, -0.2) is 4.98 Å². The van der Waals surface area contributed by atoms with Gasteiger partial charge < -0.3 is 10.3 Å². The van der Waals surface area contributed by atoms with Gasteiger partial charge in [0.2, 0.25) is 0 Å². The molecule has 3 rings (SSSR count). The van der Waals surface area contributed by atoms with Gasteiger partial charge in [0.05, 0.1) is 11.0 Å². The first-order valence-electron chi connectivity index (χ1n) is 6.16. The van der Waals surface area contributed by atoms with E-state index in [2.05, 4.69) is 46.1 Å². The molecule has 0 radical (unpaired) electrons. The quantitative estimate of drug-likeness (QED) is 0.859. The Kier molecular flexibility index (Phi) is 3.43. The van der Waals surface area contributed by atoms with E-state index in [0.29, 0.717) is 5.25 Å². The molecule has 3 nitrogen and oxygen atoms in total. The van der Waals surface area contributed by atoms with Gasteiger partial charge in [-0.1, -0.05) is 0 Å². The summed E-state index contributed by atoms with van der Waals surface area (Å²) in [5.74, 6) is 4.90. The molecule has 2 aromatic rings. The van der Waals surface area contributed by atoms with Crippen molar-refractivity contribution in [3.8, 4) is 0 Å². The number of benzene rings is 1. The Morgan fingerprint density at radius 1 is 1.44 bits per heavy atom. The Labute approximate surface area is 116 Å². The smallest absolute Gasteiger partial charge is 0.106 e. The van der Waals surface area contributed by atoms with Crippen LogP contribution in [0.3, 0.4) is 0 Å². The number of hydrogen-bond acceptors (Lipinski definition) is 4. The van der Waals surface area contributed by atoms with Crippen LogP contribution in [0.1, 0.15) is 5.82 Å². The second-order valence-electron chi connectivity index (χ2n) is 4.59. The Balaban J connectivity index is 1.92. The Morgan fingerprint density at radius 2 is 2.33 bits per heavy atom. The lowest BCUT2D eigenvalue weighted by molar-refractivity contribution is 0.691. The SMILES string of the molecule is Cc1nc2cc(N)ccc2n1CC1CSCCS1. The molecule has 0 bridgehead atoms. The number of aromatic nitrogens is 2. The van der Waals surface area contributed by atoms with Gasteiger partial charge in [0.25, 0.3) is 0 Å². The third kappa shape index (κ3) is 2.34. The maximum absolute atomic E-state index is 5.81. The molecule has 18 heavy (non-hydrogen) atoms. The highest BCUT2D eigenvalue weighted by Crippen LogP contribution is 2.27. The van der Waals surface area contributed by atoms with Gasteiger partial charge in [0.1, 0.15) is 5.82 Å². The molecule has 1 unspecified atom stereocenters. The van der Waals surface area contributed by atoms with Crippen LogP contribution < -0.4 is 5.73 Å². The zero-order chi connectivity index (χ0) is 12.5. The third-order valence-electron chi connectivity index (χ3n) is 3.23. The molecule has 1 aromatic heterocycles. The van der Waals surface area contributed by atoms with Crippen molar-refractivity contribution < 1.29 is 0 Å². The number of aryl methyl sites for hydroxylation is 1. The number of fused-ring (bicyclic) bond motifs is 1. The van der Waals surface area contributed by atoms with Crippen molar-refractivity contribution in [2.45, 2.75) is 18.7 Å². The predicted octanol–water partition coefficient (Wildman–Crippen LogP) is 2.78. The molecule has 0 spiro atoms. The zero-order valence-electron chi connectivity index (χ0n) is 10.4. The van der Waals surface area contributed by atoms with Crippen LogP contribution in [0.25, 0.3) is 11.0 Å². The third-order valence-corrected chi connectivity index (χ3v) is 6.06. The van der Waals surface area contributed by atoms with E-state index in [0.717, 1.165) is 23.6 Å². The summed E-state index contributed by atoms with van der Waals surface area (Å²) in [6.07, 6.45) is 0. The molecule has 0 aliphatic carbocycles. The summed E-state index contributed by atoms with van der Waals surface area (Å²) in [5, 5.41) is 0.706. The first-order valence-corrected chi connectivity index (χ1v) is 8.36. The number of hydrogen-bond donors (Lipinski definition) is 1. The number of thioether (sulfide) groups is 2. The maximum Gasteiger partial charge on any atom is 0.106 e. The second-order valence-corrected chi connectivity index (χ2v) is 7.14. The van der Waals surface area contributed by atoms with Crippen LogP contribution in [0.2, 0.25) is 0 Å². The summed E-state index contributed by atoms with van der Waals surface area (Å²) in [5.41, 5.74) is 8.82. The minimum atomic E-state index is 0.706. The fourth-order valence-electron chi connectivity index (χ4n) is 2.34. The van der Waals surface area contributed by atoms with E-state index in [4.69, 9.17) is 5.73 Å². The van der Waals surface area contributed by atoms with E-state index in [1.165, 1.54) is 22.8 Å². The highest BCUT2D eigenvalue weighted by atomic mass is 32.2. The summed E-state index contributed by atoms with van der Waals surface area (Å²) < 4.78 is 2.33. The van der Waals surface area contributed by atoms with Crippen molar-refractivity contribution in [1.82, 2.24) is 9.55 Å². The summed E-state index contributed by atoms with van der Waals surface area (Å²) in [4.78, 5) is 4.61. The molecule has 96 valence electrons. The lowest BCUT2D eigenvalue weighted by atomic mass is 10.3. The molecule has 1 aliphatic rings. The van der Waals surface area contributed by atoms with Crippen molar-refractivity contribution in [2.75, 3.05) is 23.0 Å². The normalized spacial score (nSPS) is 20.4. The number of imidazole rings is 1. The van der Waals surface area contributed by atoms with Crippen molar-refractivity contribution >= 4 is 40.2 Å². The highest BCUT2D eigenvalue weighted by Gasteiger charge is 2.17. The Bertz CT molecular complexity index is 559. The van der Waals surface area contributed by atoms with Crippen molar-refractivity contribution in [2.24, 2.45) is 0 Å². The molecule has 5 heteroatoms. The summed E-state index contributed by atoms with van der Waals surface area (Å²) >= 11 is 4.15. The number of nitrogens with zero attached hydrogens (tertiary/aromatic N) is 2. The van der Waals surface area contributed by atoms with Crippen molar-refractivity contribution in [3.05, 3.63) is 24.0 Å². The molecular formula is C13H17N3S2. The molecule has 1 atom stereocenters. The summed E-state index contributed by atoms with van der Waals surface area (Å²) in [6.45, 7) is 3.14. The average molecular weight is 279 g/mol. The van der Waals surface area contributed by atoms with Crippen LogP contribution in [0.5, 0.6) is 0 Å². The highest BCUT2D eigenvalue weighted by molar-refractivity contribution is 8.06. The molecule has 0 amide bonds. The molecule has 1 aliphatic heterocycles. The van der Waals surface area contributed by atoms with Crippen molar-refractivity contribution in [3.63, 3.8) is 0 Å². The van der Waals surface area contributed by atoms with Crippen LogP contribution >= 0.6 is 23.5 Å². The summed E-state index contributed by atoms with van der Waals surface area (Å²) in [6, 6.07) is 6.01. The molecular weight excluding hydrogens is 262 g/mol. The minimum Gasteiger partial charge on any atom is -0.399 e. The number of anilines is 1. The van der Waals surface area contributed by atoms with E-state index < -0.39 is 0 Å². The molecule has 2 N–H and O–H groups in total. The van der Waals surface area contributed by atoms with Crippen LogP contribution in [0.15, 0.2) is 18.2 Å². The summed E-state index contributed by atoms with van der Waals surface area (Å²) in [7, 11) is 0. The van der Waals surface area contributed by atoms with Gasteiger partial charge in [-0.2, -0.15) is 23.5 Å². The van der Waals surface area contributed by atoms with Crippen LogP contribution in [0, 0.1) is 6.92 Å². The number of rotatable bonds is 2. The number of nitrogens with two attached hydrogens (primary N) is 1. The number of nitrogen functional groups attached to an aromatic ring is 1. The van der Waals surface area contributed by atoms with E-state index in [-0.39, 0.29) is 0 Å². The van der Waals surface area contributed by atoms with Gasteiger partial charge >= 0.3 is 0 Å². The van der Waals surface area contributed by atoms with Gasteiger partial charge in [-0.05, 0) is 25.1 Å². The molecule has 0 saturated carbocycles. The monoisotopic (exact) mass is 279 g/mol. The van der Waals surface area contributed by atoms with Gasteiger partial charge in [-0.3, -0.25) is 0 Å². The first kappa shape index (κ1) is 12.2. The van der Waals surface area contributed by atoms with Crippen LogP contribution in [0.4, 0.5) is 5.69 Å². The topological polar surface area (TPSA) is 43.8 Å². The van der Waals surface area contributed by atoms with Gasteiger partial charge in [-0.15, -0.1) is 0 Å². The lowest BCUT2D eigenvalue weighted by Crippen LogP contribution is -2.20. The Hall–Kier alpha value is -0.810. The molecule has 1 fully saturated rings. The standard InChI is InChI=1S/C13H17N3S2/c1-9-15-12-6-10(14)2-3-13(12)16(9)7-11-8-17-4-5-18-11/h2-3,6,11H,4-5,7-8,14H2,1H3. The average Bonchev–Trinajstić information content (AvgIpc) is 2.66. The molecule has 2 heterocycles. The van der Waals surface area contributed by atoms with E-state index in [1.807, 2.05) is 12.1 Å². The largest absolute Gasteiger partial charge is 0.399 e. The second kappa shape index (κ2) is 5.05. The lowest BCUT2D eigenvalue weighted by Gasteiger charge is -2.22. The first-order chi connectivity index (χ1) is 8.74. The predicted molar refractivity (Wildman–Crippen MR) is 82.5 cm³/mol. The molecule has 1 aromatic carbocycles. The van der Waals surface area contributed by atoms with Crippen molar-refractivity contribution in [1.29, 1.82) is 0 Å². The van der Waals surface area contributed by atoms with E-state index in [1.54, 1.807) is 0 Å².